The number of aromatic amines is 1. The topological polar surface area (TPSA) is 67.3 Å². The van der Waals surface area contributed by atoms with Gasteiger partial charge < -0.3 is 4.98 Å². The molecule has 0 aromatic carbocycles. The van der Waals surface area contributed by atoms with Crippen molar-refractivity contribution in [3.05, 3.63) is 82.4 Å². The highest BCUT2D eigenvalue weighted by atomic mass is 35.5. The molecule has 0 bridgehead atoms. The minimum Gasteiger partial charge on any atom is -0.346 e. The Balaban J connectivity index is 1.45. The third kappa shape index (κ3) is 4.37. The summed E-state index contributed by atoms with van der Waals surface area (Å²) in [5.74, 6) is 0.481. The van der Waals surface area contributed by atoms with Gasteiger partial charge in [-0.05, 0) is 35.2 Å². The van der Waals surface area contributed by atoms with Crippen molar-refractivity contribution in [2.75, 3.05) is 0 Å². The Bertz CT molecular complexity index is 1140. The van der Waals surface area contributed by atoms with Gasteiger partial charge >= 0.3 is 6.18 Å². The van der Waals surface area contributed by atoms with E-state index in [9.17, 15) is 13.2 Å². The standard InChI is InChI=1S/C20H15ClF3N5/c21-15-6-16-14(10-28-19(16)29-11-15)5-12-7-26-18(27-8-12)2-1-13-9-25-4-3-17(13)20(22,23)24/h3-4,6-11H,1-2,5H2,(H,28,29). The monoisotopic (exact) mass is 417 g/mol. The summed E-state index contributed by atoms with van der Waals surface area (Å²) < 4.78 is 39.2. The highest BCUT2D eigenvalue weighted by molar-refractivity contribution is 6.31. The van der Waals surface area contributed by atoms with Crippen LogP contribution in [0.4, 0.5) is 13.2 Å². The van der Waals surface area contributed by atoms with Gasteiger partial charge in [-0.25, -0.2) is 15.0 Å². The second-order valence-corrected chi connectivity index (χ2v) is 7.01. The Morgan fingerprint density at radius 3 is 2.52 bits per heavy atom. The molecule has 4 aromatic rings. The third-order valence-electron chi connectivity index (χ3n) is 4.56. The van der Waals surface area contributed by atoms with Crippen molar-refractivity contribution in [3.8, 4) is 0 Å². The highest BCUT2D eigenvalue weighted by Crippen LogP contribution is 2.31. The van der Waals surface area contributed by atoms with E-state index in [1.54, 1.807) is 18.6 Å². The fourth-order valence-corrected chi connectivity index (χ4v) is 3.31. The molecule has 0 radical (unpaired) electrons. The van der Waals surface area contributed by atoms with Crippen LogP contribution in [-0.2, 0) is 25.4 Å². The van der Waals surface area contributed by atoms with Gasteiger partial charge in [-0.1, -0.05) is 11.6 Å². The van der Waals surface area contributed by atoms with Crippen LogP contribution in [-0.4, -0.2) is 24.9 Å². The van der Waals surface area contributed by atoms with Crippen molar-refractivity contribution in [3.63, 3.8) is 0 Å². The average molecular weight is 418 g/mol. The predicted molar refractivity (Wildman–Crippen MR) is 103 cm³/mol. The van der Waals surface area contributed by atoms with E-state index in [1.807, 2.05) is 12.3 Å². The van der Waals surface area contributed by atoms with E-state index < -0.39 is 11.7 Å². The van der Waals surface area contributed by atoms with Gasteiger partial charge in [0.1, 0.15) is 11.5 Å². The Morgan fingerprint density at radius 1 is 0.966 bits per heavy atom. The number of hydrogen-bond donors (Lipinski definition) is 1. The molecule has 0 amide bonds. The Kier molecular flexibility index (Phi) is 5.19. The molecule has 0 aliphatic rings. The molecule has 148 valence electrons. The van der Waals surface area contributed by atoms with Crippen LogP contribution in [0.5, 0.6) is 0 Å². The zero-order chi connectivity index (χ0) is 20.4. The van der Waals surface area contributed by atoms with Crippen LogP contribution >= 0.6 is 11.6 Å². The van der Waals surface area contributed by atoms with Crippen molar-refractivity contribution in [2.45, 2.75) is 25.4 Å². The summed E-state index contributed by atoms with van der Waals surface area (Å²) in [5, 5.41) is 1.48. The number of H-pyrrole nitrogens is 1. The van der Waals surface area contributed by atoms with Gasteiger partial charge in [0.15, 0.2) is 0 Å². The van der Waals surface area contributed by atoms with Crippen molar-refractivity contribution in [1.29, 1.82) is 0 Å². The molecule has 0 saturated carbocycles. The number of aromatic nitrogens is 5. The molecule has 29 heavy (non-hydrogen) atoms. The van der Waals surface area contributed by atoms with Gasteiger partial charge in [0.05, 0.1) is 10.6 Å². The molecule has 0 atom stereocenters. The lowest BCUT2D eigenvalue weighted by Crippen LogP contribution is -2.10. The van der Waals surface area contributed by atoms with E-state index in [0.717, 1.165) is 34.4 Å². The molecule has 4 rings (SSSR count). The van der Waals surface area contributed by atoms with Gasteiger partial charge in [0, 0.05) is 55.4 Å². The van der Waals surface area contributed by atoms with Gasteiger partial charge in [0.2, 0.25) is 0 Å². The lowest BCUT2D eigenvalue weighted by Gasteiger charge is -2.11. The van der Waals surface area contributed by atoms with E-state index in [2.05, 4.69) is 24.9 Å². The van der Waals surface area contributed by atoms with Gasteiger partial charge in [-0.15, -0.1) is 0 Å². The molecule has 1 N–H and O–H groups in total. The maximum absolute atomic E-state index is 13.1. The van der Waals surface area contributed by atoms with Crippen molar-refractivity contribution in [1.82, 2.24) is 24.9 Å². The van der Waals surface area contributed by atoms with Gasteiger partial charge in [-0.3, -0.25) is 4.98 Å². The van der Waals surface area contributed by atoms with Crippen molar-refractivity contribution in [2.24, 2.45) is 0 Å². The van der Waals surface area contributed by atoms with E-state index >= 15 is 0 Å². The van der Waals surface area contributed by atoms with E-state index in [4.69, 9.17) is 11.6 Å². The smallest absolute Gasteiger partial charge is 0.346 e. The van der Waals surface area contributed by atoms with Crippen LogP contribution in [0.25, 0.3) is 11.0 Å². The van der Waals surface area contributed by atoms with E-state index in [1.165, 1.54) is 6.20 Å². The summed E-state index contributed by atoms with van der Waals surface area (Å²) in [6, 6.07) is 2.83. The second-order valence-electron chi connectivity index (χ2n) is 6.58. The number of halogens is 4. The average Bonchev–Trinajstić information content (AvgIpc) is 3.09. The van der Waals surface area contributed by atoms with Crippen LogP contribution in [0.15, 0.2) is 49.3 Å². The largest absolute Gasteiger partial charge is 0.416 e. The predicted octanol–water partition coefficient (Wildman–Crippen LogP) is 4.80. The normalized spacial score (nSPS) is 11.9. The number of aryl methyl sites for hydroxylation is 2. The molecule has 4 heterocycles. The number of fused-ring (bicyclic) bond motifs is 1. The molecule has 0 spiro atoms. The maximum Gasteiger partial charge on any atom is 0.416 e. The number of hydrogen-bond acceptors (Lipinski definition) is 4. The molecule has 0 unspecified atom stereocenters. The lowest BCUT2D eigenvalue weighted by atomic mass is 10.0. The highest BCUT2D eigenvalue weighted by Gasteiger charge is 2.33. The van der Waals surface area contributed by atoms with Crippen LogP contribution in [0.1, 0.15) is 28.1 Å². The lowest BCUT2D eigenvalue weighted by molar-refractivity contribution is -0.138. The van der Waals surface area contributed by atoms with Gasteiger partial charge in [-0.2, -0.15) is 13.2 Å². The molecule has 0 aliphatic carbocycles. The summed E-state index contributed by atoms with van der Waals surface area (Å²) in [6.07, 6.45) is 5.84. The number of alkyl halides is 3. The summed E-state index contributed by atoms with van der Waals surface area (Å²) in [4.78, 5) is 19.7. The van der Waals surface area contributed by atoms with Crippen LogP contribution < -0.4 is 0 Å². The Hall–Kier alpha value is -3.00. The maximum atomic E-state index is 13.1. The number of nitrogens with zero attached hydrogens (tertiary/aromatic N) is 4. The molecule has 0 aliphatic heterocycles. The Labute approximate surface area is 169 Å². The van der Waals surface area contributed by atoms with Crippen molar-refractivity contribution >= 4 is 22.6 Å². The minimum absolute atomic E-state index is 0.135. The molecule has 5 nitrogen and oxygen atoms in total. The molecular weight excluding hydrogens is 403 g/mol. The first-order valence-electron chi connectivity index (χ1n) is 8.81. The van der Waals surface area contributed by atoms with Gasteiger partial charge in [0.25, 0.3) is 0 Å². The number of pyridine rings is 2. The van der Waals surface area contributed by atoms with Crippen molar-refractivity contribution < 1.29 is 13.2 Å². The zero-order valence-corrected chi connectivity index (χ0v) is 15.8. The molecular formula is C20H15ClF3N5. The quantitative estimate of drug-likeness (QED) is 0.506. The van der Waals surface area contributed by atoms with E-state index in [0.29, 0.717) is 23.7 Å². The van der Waals surface area contributed by atoms with Crippen LogP contribution in [0.2, 0.25) is 5.02 Å². The molecule has 9 heteroatoms. The summed E-state index contributed by atoms with van der Waals surface area (Å²) >= 11 is 6.02. The first kappa shape index (κ1) is 19.3. The van der Waals surface area contributed by atoms with Crippen LogP contribution in [0.3, 0.4) is 0 Å². The Morgan fingerprint density at radius 2 is 1.76 bits per heavy atom. The molecule has 4 aromatic heterocycles. The fraction of sp³-hybridized carbons (Fsp3) is 0.200. The van der Waals surface area contributed by atoms with E-state index in [-0.39, 0.29) is 12.0 Å². The number of rotatable bonds is 5. The number of nitrogens with one attached hydrogen (secondary N) is 1. The third-order valence-corrected chi connectivity index (χ3v) is 4.77. The first-order chi connectivity index (χ1) is 13.9. The summed E-state index contributed by atoms with van der Waals surface area (Å²) in [6.45, 7) is 0. The molecule has 0 fully saturated rings. The minimum atomic E-state index is -4.40. The first-order valence-corrected chi connectivity index (χ1v) is 9.19. The van der Waals surface area contributed by atoms with Crippen LogP contribution in [0, 0.1) is 0 Å². The SMILES string of the molecule is FC(F)(F)c1ccncc1CCc1ncc(Cc2c[nH]c3ncc(Cl)cc23)cn1. The zero-order valence-electron chi connectivity index (χ0n) is 15.0. The summed E-state index contributed by atoms with van der Waals surface area (Å²) in [5.41, 5.74) is 2.11. The fourth-order valence-electron chi connectivity index (χ4n) is 3.15. The second kappa shape index (κ2) is 7.79. The molecule has 0 saturated heterocycles. The summed E-state index contributed by atoms with van der Waals surface area (Å²) in [7, 11) is 0.